The summed E-state index contributed by atoms with van der Waals surface area (Å²) in [5.74, 6) is 0.649. The maximum Gasteiger partial charge on any atom is 0.261 e. The molecule has 158 valence electrons. The highest BCUT2D eigenvalue weighted by Crippen LogP contribution is 2.32. The van der Waals surface area contributed by atoms with Gasteiger partial charge in [0.15, 0.2) is 0 Å². The summed E-state index contributed by atoms with van der Waals surface area (Å²) in [5, 5.41) is 0. The molecule has 2 aromatic carbocycles. The Morgan fingerprint density at radius 3 is 2.41 bits per heavy atom. The van der Waals surface area contributed by atoms with Gasteiger partial charge in [0.05, 0.1) is 22.9 Å². The Morgan fingerprint density at radius 2 is 1.76 bits per heavy atom. The fourth-order valence-electron chi connectivity index (χ4n) is 3.22. The number of ether oxygens (including phenoxy) is 1. The minimum Gasteiger partial charge on any atom is -0.494 e. The number of aryl methyl sites for hydroxylation is 1. The summed E-state index contributed by atoms with van der Waals surface area (Å²) < 4.78 is 59.5. The molecule has 2 aromatic rings. The number of sulfonamides is 2. The van der Waals surface area contributed by atoms with Gasteiger partial charge in [0.2, 0.25) is 10.0 Å². The largest absolute Gasteiger partial charge is 0.494 e. The van der Waals surface area contributed by atoms with Gasteiger partial charge < -0.3 is 4.74 Å². The lowest BCUT2D eigenvalue weighted by atomic mass is 10.0. The Labute approximate surface area is 172 Å². The molecule has 1 N–H and O–H groups in total. The van der Waals surface area contributed by atoms with Crippen molar-refractivity contribution >= 4 is 31.4 Å². The van der Waals surface area contributed by atoms with Gasteiger partial charge in [0, 0.05) is 12.2 Å². The Bertz CT molecular complexity index is 1060. The van der Waals surface area contributed by atoms with Gasteiger partial charge in [0.25, 0.3) is 10.0 Å². The smallest absolute Gasteiger partial charge is 0.261 e. The van der Waals surface area contributed by atoms with Crippen molar-refractivity contribution in [1.29, 1.82) is 0 Å². The van der Waals surface area contributed by atoms with Crippen molar-refractivity contribution < 1.29 is 21.6 Å². The highest BCUT2D eigenvalue weighted by Gasteiger charge is 2.26. The molecule has 0 aliphatic carbocycles. The third-order valence-corrected chi connectivity index (χ3v) is 7.89. The highest BCUT2D eigenvalue weighted by molar-refractivity contribution is 7.93. The molecule has 0 amide bonds. The van der Waals surface area contributed by atoms with E-state index in [1.54, 1.807) is 37.3 Å². The zero-order valence-corrected chi connectivity index (χ0v) is 18.2. The van der Waals surface area contributed by atoms with Crippen LogP contribution in [-0.4, -0.2) is 35.7 Å². The molecule has 0 saturated heterocycles. The molecule has 0 atom stereocenters. The second-order valence-electron chi connectivity index (χ2n) is 6.85. The van der Waals surface area contributed by atoms with Crippen LogP contribution in [0.25, 0.3) is 0 Å². The Morgan fingerprint density at radius 1 is 1.03 bits per heavy atom. The third-order valence-electron chi connectivity index (χ3n) is 4.72. The van der Waals surface area contributed by atoms with Gasteiger partial charge in [-0.25, -0.2) is 16.8 Å². The van der Waals surface area contributed by atoms with Gasteiger partial charge in [-0.3, -0.25) is 9.03 Å². The first-order valence-electron chi connectivity index (χ1n) is 9.66. The van der Waals surface area contributed by atoms with Gasteiger partial charge in [0.1, 0.15) is 5.75 Å². The van der Waals surface area contributed by atoms with E-state index < -0.39 is 20.0 Å². The maximum absolute atomic E-state index is 12.7. The van der Waals surface area contributed by atoms with Crippen molar-refractivity contribution in [3.8, 4) is 5.75 Å². The van der Waals surface area contributed by atoms with Crippen LogP contribution in [0, 0.1) is 0 Å². The Balaban J connectivity index is 1.81. The fraction of sp³-hybridized carbons (Fsp3) is 0.400. The summed E-state index contributed by atoms with van der Waals surface area (Å²) in [5.41, 5.74) is 1.85. The molecule has 9 heteroatoms. The molecule has 0 bridgehead atoms. The van der Waals surface area contributed by atoms with Crippen LogP contribution >= 0.6 is 0 Å². The van der Waals surface area contributed by atoms with Crippen LogP contribution in [0.3, 0.4) is 0 Å². The van der Waals surface area contributed by atoms with Gasteiger partial charge in [-0.2, -0.15) is 0 Å². The predicted octanol–water partition coefficient (Wildman–Crippen LogP) is 3.38. The molecular weight excluding hydrogens is 412 g/mol. The number of hydrogen-bond acceptors (Lipinski definition) is 5. The first-order chi connectivity index (χ1) is 13.8. The summed E-state index contributed by atoms with van der Waals surface area (Å²) in [6, 6.07) is 11.2. The van der Waals surface area contributed by atoms with Crippen molar-refractivity contribution in [1.82, 2.24) is 0 Å². The van der Waals surface area contributed by atoms with E-state index in [0.717, 1.165) is 12.0 Å². The number of nitrogens with zero attached hydrogens (tertiary/aromatic N) is 1. The van der Waals surface area contributed by atoms with Crippen molar-refractivity contribution in [3.63, 3.8) is 0 Å². The third kappa shape index (κ3) is 4.84. The van der Waals surface area contributed by atoms with Gasteiger partial charge >= 0.3 is 0 Å². The molecule has 0 spiro atoms. The van der Waals surface area contributed by atoms with E-state index >= 15 is 0 Å². The molecule has 29 heavy (non-hydrogen) atoms. The molecule has 1 heterocycles. The lowest BCUT2D eigenvalue weighted by molar-refractivity contribution is 0.317. The molecule has 1 aliphatic heterocycles. The number of nitrogens with one attached hydrogen (secondary N) is 1. The summed E-state index contributed by atoms with van der Waals surface area (Å²) in [6.45, 7) is 4.63. The standard InChI is InChI=1S/C20H26N2O5S2/c1-3-14-27-18-8-10-19(11-9-18)29(25,26)21-17-7-12-20-16(15-17)6-5-13-22(20)28(23,24)4-2/h7-12,15,21H,3-6,13-14H2,1-2H3. The SMILES string of the molecule is CCCOc1ccc(S(=O)(=O)Nc2ccc3c(c2)CCCN3S(=O)(=O)CC)cc1. The van der Waals surface area contributed by atoms with Crippen molar-refractivity contribution in [2.75, 3.05) is 27.9 Å². The molecule has 1 aliphatic rings. The van der Waals surface area contributed by atoms with Gasteiger partial charge in [-0.05, 0) is 74.2 Å². The Hall–Kier alpha value is -2.26. The van der Waals surface area contributed by atoms with Crippen LogP contribution in [0.2, 0.25) is 0 Å². The van der Waals surface area contributed by atoms with Crippen LogP contribution in [0.5, 0.6) is 5.75 Å². The van der Waals surface area contributed by atoms with Gasteiger partial charge in [-0.15, -0.1) is 0 Å². The zero-order valence-electron chi connectivity index (χ0n) is 16.6. The van der Waals surface area contributed by atoms with E-state index in [1.165, 1.54) is 16.4 Å². The van der Waals surface area contributed by atoms with E-state index in [4.69, 9.17) is 4.74 Å². The van der Waals surface area contributed by atoms with E-state index in [1.807, 2.05) is 6.92 Å². The number of anilines is 2. The summed E-state index contributed by atoms with van der Waals surface area (Å²) in [7, 11) is -7.11. The maximum atomic E-state index is 12.7. The zero-order chi connectivity index (χ0) is 21.1. The van der Waals surface area contributed by atoms with Crippen molar-refractivity contribution in [3.05, 3.63) is 48.0 Å². The molecule has 0 radical (unpaired) electrons. The van der Waals surface area contributed by atoms with Crippen LogP contribution in [-0.2, 0) is 26.5 Å². The molecule has 3 rings (SSSR count). The molecule has 0 fully saturated rings. The first-order valence-corrected chi connectivity index (χ1v) is 12.7. The fourth-order valence-corrected chi connectivity index (χ4v) is 5.47. The van der Waals surface area contributed by atoms with Crippen LogP contribution < -0.4 is 13.8 Å². The molecule has 0 aromatic heterocycles. The van der Waals surface area contributed by atoms with E-state index in [2.05, 4.69) is 4.72 Å². The van der Waals surface area contributed by atoms with Crippen LogP contribution in [0.4, 0.5) is 11.4 Å². The second kappa shape index (κ2) is 8.62. The van der Waals surface area contributed by atoms with E-state index in [-0.39, 0.29) is 10.6 Å². The van der Waals surface area contributed by atoms with Crippen LogP contribution in [0.15, 0.2) is 47.4 Å². The number of rotatable bonds is 8. The lowest BCUT2D eigenvalue weighted by Crippen LogP contribution is -2.36. The van der Waals surface area contributed by atoms with E-state index in [0.29, 0.717) is 43.1 Å². The minimum atomic E-state index is -3.76. The molecule has 0 saturated carbocycles. The summed E-state index contributed by atoms with van der Waals surface area (Å²) in [6.07, 6.45) is 2.27. The topological polar surface area (TPSA) is 92.8 Å². The molecule has 0 unspecified atom stereocenters. The summed E-state index contributed by atoms with van der Waals surface area (Å²) in [4.78, 5) is 0.134. The summed E-state index contributed by atoms with van der Waals surface area (Å²) >= 11 is 0. The van der Waals surface area contributed by atoms with Crippen molar-refractivity contribution in [2.24, 2.45) is 0 Å². The Kier molecular flexibility index (Phi) is 6.38. The lowest BCUT2D eigenvalue weighted by Gasteiger charge is -2.30. The number of benzene rings is 2. The monoisotopic (exact) mass is 438 g/mol. The van der Waals surface area contributed by atoms with Crippen LogP contribution in [0.1, 0.15) is 32.3 Å². The van der Waals surface area contributed by atoms with E-state index in [9.17, 15) is 16.8 Å². The quantitative estimate of drug-likeness (QED) is 0.682. The average Bonchev–Trinajstić information content (AvgIpc) is 2.71. The minimum absolute atomic E-state index is 0.0266. The highest BCUT2D eigenvalue weighted by atomic mass is 32.2. The first kappa shape index (κ1) is 21.4. The van der Waals surface area contributed by atoms with Crippen molar-refractivity contribution in [2.45, 2.75) is 38.0 Å². The number of hydrogen-bond donors (Lipinski definition) is 1. The second-order valence-corrected chi connectivity index (χ2v) is 10.7. The molecule has 7 nitrogen and oxygen atoms in total. The predicted molar refractivity (Wildman–Crippen MR) is 115 cm³/mol. The molecular formula is C20H26N2O5S2. The number of fused-ring (bicyclic) bond motifs is 1. The normalized spacial score (nSPS) is 14.3. The van der Waals surface area contributed by atoms with Gasteiger partial charge in [-0.1, -0.05) is 6.92 Å². The average molecular weight is 439 g/mol.